The van der Waals surface area contributed by atoms with E-state index in [-0.39, 0.29) is 11.4 Å². The van der Waals surface area contributed by atoms with E-state index in [1.807, 2.05) is 0 Å². The third kappa shape index (κ3) is 5.02. The lowest BCUT2D eigenvalue weighted by atomic mass is 10.1. The lowest BCUT2D eigenvalue weighted by molar-refractivity contribution is -0.131. The first kappa shape index (κ1) is 18.4. The molecular weight excluding hydrogens is 349 g/mol. The van der Waals surface area contributed by atoms with Crippen LogP contribution in [0.5, 0.6) is 5.75 Å². The van der Waals surface area contributed by atoms with Gasteiger partial charge in [0.05, 0.1) is 11.9 Å². The number of carbonyl (C=O) groups excluding carboxylic acids is 2. The fourth-order valence-corrected chi connectivity index (χ4v) is 1.99. The fraction of sp³-hybridized carbons (Fsp3) is 0.118. The van der Waals surface area contributed by atoms with Crippen LogP contribution in [0.25, 0.3) is 0 Å². The first-order valence-corrected chi connectivity index (χ1v) is 7.63. The van der Waals surface area contributed by atoms with E-state index in [1.165, 1.54) is 49.5 Å². The second kappa shape index (κ2) is 8.25. The van der Waals surface area contributed by atoms with E-state index in [0.717, 1.165) is 0 Å². The van der Waals surface area contributed by atoms with Crippen molar-refractivity contribution in [3.63, 3.8) is 0 Å². The molecule has 25 heavy (non-hydrogen) atoms. The zero-order valence-corrected chi connectivity index (χ0v) is 13.9. The Balaban J connectivity index is 1.95. The van der Waals surface area contributed by atoms with Crippen LogP contribution in [0.3, 0.4) is 0 Å². The number of halogens is 2. The van der Waals surface area contributed by atoms with Gasteiger partial charge in [0, 0.05) is 10.6 Å². The first-order valence-electron chi connectivity index (χ1n) is 7.25. The summed E-state index contributed by atoms with van der Waals surface area (Å²) in [6.45, 7) is 1.36. The highest BCUT2D eigenvalue weighted by atomic mass is 35.5. The van der Waals surface area contributed by atoms with Gasteiger partial charge in [-0.2, -0.15) is 5.10 Å². The average molecular weight is 364 g/mol. The molecule has 0 spiro atoms. The molecule has 6 nitrogen and oxygen atoms in total. The quantitative estimate of drug-likeness (QED) is 0.433. The Morgan fingerprint density at radius 3 is 2.68 bits per heavy atom. The van der Waals surface area contributed by atoms with E-state index < -0.39 is 23.5 Å². The number of nitrogens with one attached hydrogen (secondary N) is 2. The normalized spacial score (nSPS) is 12.0. The van der Waals surface area contributed by atoms with Crippen LogP contribution in [-0.4, -0.2) is 23.1 Å². The Kier molecular flexibility index (Phi) is 6.08. The molecule has 130 valence electrons. The standard InChI is InChI=1S/C17H15ClFN3O3/c1-10(16(24)21-14-5-3-2-4-13(14)19)17(25)22-20-9-11-8-12(18)6-7-15(11)23/h2-10,23H,1H3,(H,21,24)(H,22,25). The Hall–Kier alpha value is -2.93. The molecule has 0 bridgehead atoms. The third-order valence-corrected chi connectivity index (χ3v) is 3.52. The Labute approximate surface area is 148 Å². The third-order valence-electron chi connectivity index (χ3n) is 3.29. The molecule has 0 aliphatic rings. The number of rotatable bonds is 5. The molecular formula is C17H15ClFN3O3. The maximum Gasteiger partial charge on any atom is 0.252 e. The van der Waals surface area contributed by atoms with Crippen LogP contribution in [0, 0.1) is 11.7 Å². The molecule has 0 fully saturated rings. The van der Waals surface area contributed by atoms with Crippen molar-refractivity contribution in [2.45, 2.75) is 6.92 Å². The van der Waals surface area contributed by atoms with Gasteiger partial charge in [0.2, 0.25) is 5.91 Å². The molecule has 0 aliphatic heterocycles. The number of hydrogen-bond donors (Lipinski definition) is 3. The molecule has 2 aromatic rings. The number of aromatic hydroxyl groups is 1. The van der Waals surface area contributed by atoms with Gasteiger partial charge in [-0.05, 0) is 37.3 Å². The molecule has 0 saturated heterocycles. The van der Waals surface area contributed by atoms with Gasteiger partial charge in [-0.25, -0.2) is 9.82 Å². The number of nitrogens with zero attached hydrogens (tertiary/aromatic N) is 1. The Morgan fingerprint density at radius 1 is 1.24 bits per heavy atom. The molecule has 3 N–H and O–H groups in total. The summed E-state index contributed by atoms with van der Waals surface area (Å²) in [5.74, 6) is -3.13. The lowest BCUT2D eigenvalue weighted by Gasteiger charge is -2.11. The van der Waals surface area contributed by atoms with Crippen LogP contribution >= 0.6 is 11.6 Å². The van der Waals surface area contributed by atoms with Crippen molar-refractivity contribution in [2.75, 3.05) is 5.32 Å². The minimum atomic E-state index is -1.11. The van der Waals surface area contributed by atoms with Crippen LogP contribution < -0.4 is 10.7 Å². The van der Waals surface area contributed by atoms with Gasteiger partial charge in [0.25, 0.3) is 5.91 Å². The Bertz CT molecular complexity index is 827. The number of phenols is 1. The highest BCUT2D eigenvalue weighted by Gasteiger charge is 2.22. The van der Waals surface area contributed by atoms with Gasteiger partial charge in [-0.15, -0.1) is 0 Å². The van der Waals surface area contributed by atoms with Crippen molar-refractivity contribution < 1.29 is 19.1 Å². The number of carbonyl (C=O) groups is 2. The van der Waals surface area contributed by atoms with Crippen molar-refractivity contribution in [2.24, 2.45) is 11.0 Å². The molecule has 0 aliphatic carbocycles. The summed E-state index contributed by atoms with van der Waals surface area (Å²) in [6.07, 6.45) is 1.20. The van der Waals surface area contributed by atoms with Gasteiger partial charge in [0.15, 0.2) is 0 Å². The lowest BCUT2D eigenvalue weighted by Crippen LogP contribution is -2.34. The smallest absolute Gasteiger partial charge is 0.252 e. The van der Waals surface area contributed by atoms with Gasteiger partial charge in [-0.1, -0.05) is 23.7 Å². The average Bonchev–Trinajstić information content (AvgIpc) is 2.59. The highest BCUT2D eigenvalue weighted by molar-refractivity contribution is 6.30. The largest absolute Gasteiger partial charge is 0.507 e. The van der Waals surface area contributed by atoms with Gasteiger partial charge >= 0.3 is 0 Å². The number of amides is 2. The second-order valence-corrected chi connectivity index (χ2v) is 5.56. The number of benzene rings is 2. The molecule has 0 heterocycles. The molecule has 8 heteroatoms. The first-order chi connectivity index (χ1) is 11.9. The molecule has 2 aromatic carbocycles. The molecule has 0 aromatic heterocycles. The summed E-state index contributed by atoms with van der Waals surface area (Å²) in [5.41, 5.74) is 2.47. The maximum absolute atomic E-state index is 13.5. The van der Waals surface area contributed by atoms with Crippen molar-refractivity contribution in [3.05, 3.63) is 58.9 Å². The van der Waals surface area contributed by atoms with Gasteiger partial charge in [-0.3, -0.25) is 9.59 Å². The SMILES string of the molecule is CC(C(=O)NN=Cc1cc(Cl)ccc1O)C(=O)Nc1ccccc1F. The van der Waals surface area contributed by atoms with Gasteiger partial charge < -0.3 is 10.4 Å². The van der Waals surface area contributed by atoms with Crippen molar-refractivity contribution >= 4 is 35.3 Å². The van der Waals surface area contributed by atoms with Crippen LogP contribution in [0.1, 0.15) is 12.5 Å². The van der Waals surface area contributed by atoms with E-state index >= 15 is 0 Å². The topological polar surface area (TPSA) is 90.8 Å². The number of hydrazone groups is 1. The van der Waals surface area contributed by atoms with Crippen LogP contribution in [-0.2, 0) is 9.59 Å². The summed E-state index contributed by atoms with van der Waals surface area (Å²) in [5, 5.41) is 16.0. The van der Waals surface area contributed by atoms with Crippen LogP contribution in [0.4, 0.5) is 10.1 Å². The number of para-hydroxylation sites is 1. The molecule has 2 amide bonds. The Morgan fingerprint density at radius 2 is 1.96 bits per heavy atom. The molecule has 0 saturated carbocycles. The summed E-state index contributed by atoms with van der Waals surface area (Å²) in [6, 6.07) is 9.98. The van der Waals surface area contributed by atoms with E-state index in [2.05, 4.69) is 15.8 Å². The van der Waals surface area contributed by atoms with Gasteiger partial charge in [0.1, 0.15) is 17.5 Å². The fourth-order valence-electron chi connectivity index (χ4n) is 1.81. The summed E-state index contributed by atoms with van der Waals surface area (Å²) in [4.78, 5) is 23.9. The van der Waals surface area contributed by atoms with Crippen LogP contribution in [0.2, 0.25) is 5.02 Å². The zero-order chi connectivity index (χ0) is 18.4. The van der Waals surface area contributed by atoms with Crippen molar-refractivity contribution in [3.8, 4) is 5.75 Å². The van der Waals surface area contributed by atoms with Crippen molar-refractivity contribution in [1.29, 1.82) is 0 Å². The van der Waals surface area contributed by atoms with E-state index in [1.54, 1.807) is 6.07 Å². The van der Waals surface area contributed by atoms with Crippen LogP contribution in [0.15, 0.2) is 47.6 Å². The predicted molar refractivity (Wildman–Crippen MR) is 93.0 cm³/mol. The summed E-state index contributed by atoms with van der Waals surface area (Å²) in [7, 11) is 0. The maximum atomic E-state index is 13.5. The molecule has 2 rings (SSSR count). The van der Waals surface area contributed by atoms with E-state index in [0.29, 0.717) is 10.6 Å². The monoisotopic (exact) mass is 363 g/mol. The molecule has 1 atom stereocenters. The molecule has 0 radical (unpaired) electrons. The van der Waals surface area contributed by atoms with E-state index in [4.69, 9.17) is 11.6 Å². The summed E-state index contributed by atoms with van der Waals surface area (Å²) >= 11 is 5.80. The van der Waals surface area contributed by atoms with Crippen molar-refractivity contribution in [1.82, 2.24) is 5.43 Å². The van der Waals surface area contributed by atoms with E-state index in [9.17, 15) is 19.1 Å². The number of phenolic OH excluding ortho intramolecular Hbond substituents is 1. The number of hydrogen-bond acceptors (Lipinski definition) is 4. The number of anilines is 1. The molecule has 1 unspecified atom stereocenters. The minimum absolute atomic E-state index is 0.0144. The summed E-state index contributed by atoms with van der Waals surface area (Å²) < 4.78 is 13.5. The second-order valence-electron chi connectivity index (χ2n) is 5.13. The minimum Gasteiger partial charge on any atom is -0.507 e. The highest BCUT2D eigenvalue weighted by Crippen LogP contribution is 2.19. The zero-order valence-electron chi connectivity index (χ0n) is 13.2. The predicted octanol–water partition coefficient (Wildman–Crippen LogP) is 2.91.